The van der Waals surface area contributed by atoms with Crippen LogP contribution in [-0.2, 0) is 4.79 Å². The van der Waals surface area contributed by atoms with Crippen LogP contribution in [0.5, 0.6) is 11.5 Å². The Labute approximate surface area is 111 Å². The van der Waals surface area contributed by atoms with Crippen molar-refractivity contribution in [1.82, 2.24) is 4.90 Å². The van der Waals surface area contributed by atoms with Crippen LogP contribution in [0.15, 0.2) is 24.3 Å². The number of likely N-dealkylation sites (N-methyl/N-ethyl adjacent to an activating group) is 1. The molecule has 1 amide bonds. The zero-order chi connectivity index (χ0) is 13.1. The van der Waals surface area contributed by atoms with Crippen LogP contribution in [0.2, 0.25) is 0 Å². The summed E-state index contributed by atoms with van der Waals surface area (Å²) in [6, 6.07) is 7.32. The molecule has 1 aliphatic rings. The molecule has 98 valence electrons. The zero-order valence-corrected chi connectivity index (χ0v) is 11.2. The molecule has 1 aromatic rings. The third-order valence-corrected chi connectivity index (χ3v) is 2.82. The summed E-state index contributed by atoms with van der Waals surface area (Å²) >= 11 is 5.87. The van der Waals surface area contributed by atoms with E-state index in [-0.39, 0.29) is 17.9 Å². The molecule has 0 N–H and O–H groups in total. The van der Waals surface area contributed by atoms with Crippen LogP contribution in [0.4, 0.5) is 0 Å². The van der Waals surface area contributed by atoms with Crippen molar-refractivity contribution in [2.24, 2.45) is 0 Å². The smallest absolute Gasteiger partial charge is 0.267 e. The molecule has 0 spiro atoms. The van der Waals surface area contributed by atoms with E-state index in [1.165, 1.54) is 0 Å². The molecule has 0 saturated carbocycles. The molecule has 1 aliphatic heterocycles. The van der Waals surface area contributed by atoms with Crippen LogP contribution in [0, 0.1) is 0 Å². The number of halogens is 1. The van der Waals surface area contributed by atoms with Crippen molar-refractivity contribution in [3.8, 4) is 11.5 Å². The quantitative estimate of drug-likeness (QED) is 0.787. The molecule has 0 saturated heterocycles. The maximum atomic E-state index is 12.1. The Morgan fingerprint density at radius 2 is 2.17 bits per heavy atom. The fourth-order valence-electron chi connectivity index (χ4n) is 1.85. The van der Waals surface area contributed by atoms with Crippen LogP contribution >= 0.6 is 11.6 Å². The molecule has 2 atom stereocenters. The number of nitrogens with zero attached hydrogens (tertiary/aromatic N) is 1. The fraction of sp³-hybridized carbons (Fsp3) is 0.462. The van der Waals surface area contributed by atoms with E-state index in [1.54, 1.807) is 18.0 Å². The van der Waals surface area contributed by atoms with E-state index in [0.29, 0.717) is 18.0 Å². The largest absolute Gasteiger partial charge is 0.485 e. The molecule has 18 heavy (non-hydrogen) atoms. The van der Waals surface area contributed by atoms with E-state index in [2.05, 4.69) is 0 Å². The van der Waals surface area contributed by atoms with Gasteiger partial charge >= 0.3 is 0 Å². The Balaban J connectivity index is 2.02. The Morgan fingerprint density at radius 1 is 1.50 bits per heavy atom. The number of fused-ring (bicyclic) bond motifs is 1. The van der Waals surface area contributed by atoms with Crippen molar-refractivity contribution in [3.05, 3.63) is 24.3 Å². The van der Waals surface area contributed by atoms with E-state index < -0.39 is 6.10 Å². The topological polar surface area (TPSA) is 38.8 Å². The van der Waals surface area contributed by atoms with Gasteiger partial charge in [0.25, 0.3) is 5.91 Å². The number of alkyl halides is 1. The molecular formula is C13H16ClNO3. The molecular weight excluding hydrogens is 254 g/mol. The van der Waals surface area contributed by atoms with Crippen molar-refractivity contribution in [1.29, 1.82) is 0 Å². The lowest BCUT2D eigenvalue weighted by Gasteiger charge is -2.29. The molecule has 0 fully saturated rings. The minimum atomic E-state index is -0.597. The Bertz CT molecular complexity index is 436. The highest BCUT2D eigenvalue weighted by molar-refractivity contribution is 6.20. The first kappa shape index (κ1) is 13.0. The maximum absolute atomic E-state index is 12.1. The van der Waals surface area contributed by atoms with Gasteiger partial charge in [0.05, 0.1) is 0 Å². The second-order valence-corrected chi connectivity index (χ2v) is 5.11. The standard InChI is InChI=1S/C13H16ClNO3/c1-9(14)7-15(2)13(16)12-8-17-10-5-3-4-6-11(10)18-12/h3-6,9,12H,7-8H2,1-2H3. The molecule has 1 aromatic carbocycles. The van der Waals surface area contributed by atoms with Crippen LogP contribution in [0.1, 0.15) is 6.92 Å². The molecule has 4 nitrogen and oxygen atoms in total. The average Bonchev–Trinajstić information content (AvgIpc) is 2.36. The summed E-state index contributed by atoms with van der Waals surface area (Å²) in [4.78, 5) is 13.7. The van der Waals surface area contributed by atoms with Gasteiger partial charge in [0, 0.05) is 19.0 Å². The predicted molar refractivity (Wildman–Crippen MR) is 69.3 cm³/mol. The van der Waals surface area contributed by atoms with Crippen LogP contribution in [0.3, 0.4) is 0 Å². The average molecular weight is 270 g/mol. The Morgan fingerprint density at radius 3 is 2.83 bits per heavy atom. The van der Waals surface area contributed by atoms with Gasteiger partial charge in [0.2, 0.25) is 6.10 Å². The predicted octanol–water partition coefficient (Wildman–Crippen LogP) is 1.91. The van der Waals surface area contributed by atoms with Gasteiger partial charge in [-0.15, -0.1) is 11.6 Å². The summed E-state index contributed by atoms with van der Waals surface area (Å²) in [7, 11) is 1.71. The van der Waals surface area contributed by atoms with E-state index in [1.807, 2.05) is 25.1 Å². The van der Waals surface area contributed by atoms with Gasteiger partial charge in [0.15, 0.2) is 11.5 Å². The number of hydrogen-bond acceptors (Lipinski definition) is 3. The first-order valence-electron chi connectivity index (χ1n) is 5.85. The van der Waals surface area contributed by atoms with Crippen LogP contribution in [-0.4, -0.2) is 42.5 Å². The minimum Gasteiger partial charge on any atom is -0.485 e. The lowest BCUT2D eigenvalue weighted by atomic mass is 10.2. The van der Waals surface area contributed by atoms with Gasteiger partial charge in [-0.3, -0.25) is 4.79 Å². The van der Waals surface area contributed by atoms with Crippen LogP contribution < -0.4 is 9.47 Å². The lowest BCUT2D eigenvalue weighted by molar-refractivity contribution is -0.139. The Hall–Kier alpha value is -1.42. The van der Waals surface area contributed by atoms with E-state index in [9.17, 15) is 4.79 Å². The molecule has 1 heterocycles. The van der Waals surface area contributed by atoms with E-state index >= 15 is 0 Å². The second-order valence-electron chi connectivity index (χ2n) is 4.36. The highest BCUT2D eigenvalue weighted by Crippen LogP contribution is 2.31. The number of carbonyl (C=O) groups is 1. The molecule has 5 heteroatoms. The van der Waals surface area contributed by atoms with Gasteiger partial charge in [-0.1, -0.05) is 12.1 Å². The summed E-state index contributed by atoms with van der Waals surface area (Å²) in [6.07, 6.45) is -0.597. The Kier molecular flexibility index (Phi) is 3.97. The zero-order valence-electron chi connectivity index (χ0n) is 10.4. The van der Waals surface area contributed by atoms with Crippen LogP contribution in [0.25, 0.3) is 0 Å². The number of amides is 1. The van der Waals surface area contributed by atoms with Gasteiger partial charge in [-0.2, -0.15) is 0 Å². The first-order valence-corrected chi connectivity index (χ1v) is 6.29. The molecule has 2 rings (SSSR count). The van der Waals surface area contributed by atoms with Crippen molar-refractivity contribution < 1.29 is 14.3 Å². The number of rotatable bonds is 3. The van der Waals surface area contributed by atoms with Gasteiger partial charge < -0.3 is 14.4 Å². The molecule has 2 unspecified atom stereocenters. The highest BCUT2D eigenvalue weighted by Gasteiger charge is 2.29. The monoisotopic (exact) mass is 269 g/mol. The maximum Gasteiger partial charge on any atom is 0.267 e. The number of hydrogen-bond donors (Lipinski definition) is 0. The normalized spacial score (nSPS) is 19.2. The first-order chi connectivity index (χ1) is 8.58. The summed E-state index contributed by atoms with van der Waals surface area (Å²) in [5, 5.41) is -0.0873. The van der Waals surface area contributed by atoms with Gasteiger partial charge in [-0.05, 0) is 19.1 Å². The number of carbonyl (C=O) groups excluding carboxylic acids is 1. The van der Waals surface area contributed by atoms with Crippen molar-refractivity contribution in [2.45, 2.75) is 18.4 Å². The molecule has 0 bridgehead atoms. The highest BCUT2D eigenvalue weighted by atomic mass is 35.5. The molecule has 0 aliphatic carbocycles. The second kappa shape index (κ2) is 5.48. The SMILES string of the molecule is CC(Cl)CN(C)C(=O)C1COc2ccccc2O1. The van der Waals surface area contributed by atoms with Crippen molar-refractivity contribution in [2.75, 3.05) is 20.2 Å². The third-order valence-electron chi connectivity index (χ3n) is 2.69. The van der Waals surface area contributed by atoms with E-state index in [0.717, 1.165) is 0 Å². The minimum absolute atomic E-state index is 0.0873. The van der Waals surface area contributed by atoms with Gasteiger partial charge in [-0.25, -0.2) is 0 Å². The number of ether oxygens (including phenoxy) is 2. The molecule has 0 aromatic heterocycles. The van der Waals surface area contributed by atoms with E-state index in [4.69, 9.17) is 21.1 Å². The van der Waals surface area contributed by atoms with Crippen molar-refractivity contribution >= 4 is 17.5 Å². The summed E-state index contributed by atoms with van der Waals surface area (Å²) < 4.78 is 11.1. The fourth-order valence-corrected chi connectivity index (χ4v) is 2.06. The third kappa shape index (κ3) is 2.88. The molecule has 0 radical (unpaired) electrons. The lowest BCUT2D eigenvalue weighted by Crippen LogP contribution is -2.46. The number of para-hydroxylation sites is 2. The van der Waals surface area contributed by atoms with Crippen molar-refractivity contribution in [3.63, 3.8) is 0 Å². The number of benzene rings is 1. The summed E-state index contributed by atoms with van der Waals surface area (Å²) in [5.74, 6) is 1.17. The summed E-state index contributed by atoms with van der Waals surface area (Å²) in [6.45, 7) is 2.57. The summed E-state index contributed by atoms with van der Waals surface area (Å²) in [5.41, 5.74) is 0. The van der Waals surface area contributed by atoms with Gasteiger partial charge in [0.1, 0.15) is 6.61 Å².